The summed E-state index contributed by atoms with van der Waals surface area (Å²) in [6, 6.07) is 1.41. The van der Waals surface area contributed by atoms with Crippen molar-refractivity contribution in [3.05, 3.63) is 0 Å². The van der Waals surface area contributed by atoms with Crippen molar-refractivity contribution in [2.45, 2.75) is 56.8 Å². The summed E-state index contributed by atoms with van der Waals surface area (Å²) < 4.78 is 0. The van der Waals surface area contributed by atoms with E-state index in [-0.39, 0.29) is 11.9 Å². The van der Waals surface area contributed by atoms with Crippen LogP contribution in [0.25, 0.3) is 0 Å². The Kier molecular flexibility index (Phi) is 2.98. The lowest BCUT2D eigenvalue weighted by Gasteiger charge is -2.40. The van der Waals surface area contributed by atoms with E-state index < -0.39 is 0 Å². The monoisotopic (exact) mass is 211 g/mol. The molecule has 0 saturated carbocycles. The first-order valence-corrected chi connectivity index (χ1v) is 5.88. The minimum Gasteiger partial charge on any atom is -0.358 e. The lowest BCUT2D eigenvalue weighted by molar-refractivity contribution is -0.127. The van der Waals surface area contributed by atoms with Crippen molar-refractivity contribution >= 4 is 5.91 Å². The lowest BCUT2D eigenvalue weighted by atomic mass is 9.96. The standard InChI is InChI=1S/C11H21N3O/c1-7(11(15)13-2)14-9-3-4-10(14)6-8(12)5-9/h7-10H,3-6,12H2,1-2H3,(H,13,15). The number of nitrogens with zero attached hydrogens (tertiary/aromatic N) is 1. The maximum Gasteiger partial charge on any atom is 0.236 e. The molecule has 86 valence electrons. The molecule has 2 saturated heterocycles. The predicted molar refractivity (Wildman–Crippen MR) is 59.4 cm³/mol. The normalized spacial score (nSPS) is 37.7. The van der Waals surface area contributed by atoms with E-state index >= 15 is 0 Å². The summed E-state index contributed by atoms with van der Waals surface area (Å²) in [7, 11) is 1.70. The lowest BCUT2D eigenvalue weighted by Crippen LogP contribution is -2.55. The highest BCUT2D eigenvalue weighted by molar-refractivity contribution is 5.81. The quantitative estimate of drug-likeness (QED) is 0.680. The zero-order valence-electron chi connectivity index (χ0n) is 9.57. The van der Waals surface area contributed by atoms with E-state index in [1.165, 1.54) is 12.8 Å². The minimum absolute atomic E-state index is 0.000000000000000666. The molecule has 4 nitrogen and oxygen atoms in total. The van der Waals surface area contributed by atoms with Crippen LogP contribution in [-0.2, 0) is 4.79 Å². The van der Waals surface area contributed by atoms with E-state index in [0.29, 0.717) is 18.1 Å². The number of nitrogens with two attached hydrogens (primary N) is 1. The first kappa shape index (κ1) is 10.9. The average Bonchev–Trinajstić information content (AvgIpc) is 2.49. The molecule has 1 amide bonds. The van der Waals surface area contributed by atoms with Gasteiger partial charge >= 0.3 is 0 Å². The fourth-order valence-electron chi connectivity index (χ4n) is 3.23. The average molecular weight is 211 g/mol. The van der Waals surface area contributed by atoms with Crippen LogP contribution < -0.4 is 11.1 Å². The van der Waals surface area contributed by atoms with Crippen LogP contribution in [0, 0.1) is 0 Å². The van der Waals surface area contributed by atoms with Crippen molar-refractivity contribution in [1.82, 2.24) is 10.2 Å². The van der Waals surface area contributed by atoms with E-state index in [4.69, 9.17) is 5.73 Å². The number of hydrogen-bond donors (Lipinski definition) is 2. The summed E-state index contributed by atoms with van der Waals surface area (Å²) in [5.74, 6) is 0.127. The Hall–Kier alpha value is -0.610. The zero-order chi connectivity index (χ0) is 11.0. The van der Waals surface area contributed by atoms with Gasteiger partial charge in [0, 0.05) is 25.2 Å². The molecule has 0 aromatic heterocycles. The number of amides is 1. The van der Waals surface area contributed by atoms with Gasteiger partial charge in [-0.1, -0.05) is 0 Å². The maximum absolute atomic E-state index is 11.6. The number of fused-ring (bicyclic) bond motifs is 2. The van der Waals surface area contributed by atoms with Crippen LogP contribution in [0.5, 0.6) is 0 Å². The third-order valence-corrected chi connectivity index (χ3v) is 3.90. The number of rotatable bonds is 2. The summed E-state index contributed by atoms with van der Waals surface area (Å²) in [5, 5.41) is 2.73. The minimum atomic E-state index is -0.000000000000000666. The van der Waals surface area contributed by atoms with E-state index in [1.54, 1.807) is 7.05 Å². The van der Waals surface area contributed by atoms with Crippen LogP contribution in [0.4, 0.5) is 0 Å². The van der Waals surface area contributed by atoms with Gasteiger partial charge in [0.2, 0.25) is 5.91 Å². The summed E-state index contributed by atoms with van der Waals surface area (Å²) in [6.07, 6.45) is 4.52. The second kappa shape index (κ2) is 4.10. The molecule has 2 aliphatic rings. The topological polar surface area (TPSA) is 58.4 Å². The third kappa shape index (κ3) is 1.88. The van der Waals surface area contributed by atoms with Crippen LogP contribution in [-0.4, -0.2) is 42.0 Å². The van der Waals surface area contributed by atoms with Crippen LogP contribution in [0.3, 0.4) is 0 Å². The van der Waals surface area contributed by atoms with Gasteiger partial charge in [-0.25, -0.2) is 0 Å². The fourth-order valence-corrected chi connectivity index (χ4v) is 3.23. The van der Waals surface area contributed by atoms with Crippen LogP contribution in [0.2, 0.25) is 0 Å². The van der Waals surface area contributed by atoms with Gasteiger partial charge in [0.1, 0.15) is 0 Å². The fraction of sp³-hybridized carbons (Fsp3) is 0.909. The molecule has 15 heavy (non-hydrogen) atoms. The second-order valence-electron chi connectivity index (χ2n) is 4.85. The van der Waals surface area contributed by atoms with Crippen molar-refractivity contribution in [2.75, 3.05) is 7.05 Å². The summed E-state index contributed by atoms with van der Waals surface area (Å²) in [6.45, 7) is 2.00. The van der Waals surface area contributed by atoms with Gasteiger partial charge in [-0.2, -0.15) is 0 Å². The molecule has 4 heteroatoms. The van der Waals surface area contributed by atoms with Gasteiger partial charge in [0.05, 0.1) is 6.04 Å². The Morgan fingerprint density at radius 3 is 2.40 bits per heavy atom. The zero-order valence-corrected chi connectivity index (χ0v) is 9.57. The van der Waals surface area contributed by atoms with Gasteiger partial charge in [0.15, 0.2) is 0 Å². The van der Waals surface area contributed by atoms with Gasteiger partial charge in [0.25, 0.3) is 0 Å². The molecule has 0 aromatic rings. The number of carbonyl (C=O) groups excluding carboxylic acids is 1. The number of hydrogen-bond acceptors (Lipinski definition) is 3. The summed E-state index contributed by atoms with van der Waals surface area (Å²) >= 11 is 0. The first-order valence-electron chi connectivity index (χ1n) is 5.88. The molecule has 2 aliphatic heterocycles. The molecular formula is C11H21N3O. The largest absolute Gasteiger partial charge is 0.358 e. The van der Waals surface area contributed by atoms with Crippen molar-refractivity contribution < 1.29 is 4.79 Å². The van der Waals surface area contributed by atoms with Crippen molar-refractivity contribution in [2.24, 2.45) is 5.73 Å². The Labute approximate surface area is 91.2 Å². The molecule has 2 rings (SSSR count). The smallest absolute Gasteiger partial charge is 0.236 e. The first-order chi connectivity index (χ1) is 7.13. The van der Waals surface area contributed by atoms with E-state index in [9.17, 15) is 4.79 Å². The molecule has 0 aromatic carbocycles. The van der Waals surface area contributed by atoms with Gasteiger partial charge < -0.3 is 11.1 Å². The van der Waals surface area contributed by atoms with Gasteiger partial charge in [-0.05, 0) is 32.6 Å². The Bertz CT molecular complexity index is 242. The number of carbonyl (C=O) groups is 1. The van der Waals surface area contributed by atoms with Gasteiger partial charge in [-0.3, -0.25) is 9.69 Å². The highest BCUT2D eigenvalue weighted by Gasteiger charge is 2.43. The van der Waals surface area contributed by atoms with Crippen LogP contribution in [0.1, 0.15) is 32.6 Å². The third-order valence-electron chi connectivity index (χ3n) is 3.90. The second-order valence-corrected chi connectivity index (χ2v) is 4.85. The van der Waals surface area contributed by atoms with Crippen LogP contribution >= 0.6 is 0 Å². The highest BCUT2D eigenvalue weighted by atomic mass is 16.2. The number of likely N-dealkylation sites (N-methyl/N-ethyl adjacent to an activating group) is 1. The Balaban J connectivity index is 2.07. The van der Waals surface area contributed by atoms with Crippen molar-refractivity contribution in [3.63, 3.8) is 0 Å². The van der Waals surface area contributed by atoms with E-state index in [0.717, 1.165) is 12.8 Å². The molecule has 2 heterocycles. The SMILES string of the molecule is CNC(=O)C(C)N1C2CCC1CC(N)C2. The molecule has 0 spiro atoms. The number of piperidine rings is 1. The summed E-state index contributed by atoms with van der Waals surface area (Å²) in [4.78, 5) is 14.0. The molecule has 2 fully saturated rings. The summed E-state index contributed by atoms with van der Waals surface area (Å²) in [5.41, 5.74) is 6.00. The number of nitrogens with one attached hydrogen (secondary N) is 1. The molecule has 0 radical (unpaired) electrons. The van der Waals surface area contributed by atoms with Crippen molar-refractivity contribution in [1.29, 1.82) is 0 Å². The molecule has 3 atom stereocenters. The molecule has 0 aliphatic carbocycles. The molecule has 3 unspecified atom stereocenters. The van der Waals surface area contributed by atoms with Crippen LogP contribution in [0.15, 0.2) is 0 Å². The molecule has 3 N–H and O–H groups in total. The Morgan fingerprint density at radius 2 is 1.93 bits per heavy atom. The predicted octanol–water partition coefficient (Wildman–Crippen LogP) is 0.0750. The van der Waals surface area contributed by atoms with Crippen molar-refractivity contribution in [3.8, 4) is 0 Å². The molecule has 2 bridgehead atoms. The maximum atomic E-state index is 11.6. The highest BCUT2D eigenvalue weighted by Crippen LogP contribution is 2.36. The van der Waals surface area contributed by atoms with E-state index in [1.807, 2.05) is 6.92 Å². The van der Waals surface area contributed by atoms with Gasteiger partial charge in [-0.15, -0.1) is 0 Å². The van der Waals surface area contributed by atoms with E-state index in [2.05, 4.69) is 10.2 Å². The molecular weight excluding hydrogens is 190 g/mol. The Morgan fingerprint density at radius 1 is 1.40 bits per heavy atom.